The molecule has 0 N–H and O–H groups in total. The van der Waals surface area contributed by atoms with Crippen molar-refractivity contribution < 1.29 is 32.2 Å². The third-order valence-corrected chi connectivity index (χ3v) is 6.88. The van der Waals surface area contributed by atoms with Crippen molar-refractivity contribution in [1.82, 2.24) is 9.55 Å². The van der Waals surface area contributed by atoms with Gasteiger partial charge >= 0.3 is 12.3 Å². The summed E-state index contributed by atoms with van der Waals surface area (Å²) < 4.78 is 55.1. The summed E-state index contributed by atoms with van der Waals surface area (Å²) in [5.74, 6) is 0.941. The number of esters is 1. The number of ether oxygens (including phenoxy) is 3. The lowest BCUT2D eigenvalue weighted by atomic mass is 9.70. The average Bonchev–Trinajstić information content (AvgIpc) is 3.13. The second-order valence-corrected chi connectivity index (χ2v) is 11.3. The van der Waals surface area contributed by atoms with Crippen LogP contribution in [0.25, 0.3) is 11.0 Å². The van der Waals surface area contributed by atoms with Crippen LogP contribution < -0.4 is 9.47 Å². The summed E-state index contributed by atoms with van der Waals surface area (Å²) in [6, 6.07) is 9.59. The first kappa shape index (κ1) is 27.8. The summed E-state index contributed by atoms with van der Waals surface area (Å²) >= 11 is 0. The number of imidazole rings is 1. The third-order valence-electron chi connectivity index (χ3n) is 6.88. The summed E-state index contributed by atoms with van der Waals surface area (Å²) in [6.07, 6.45) is -1.45. The Hall–Kier alpha value is -3.23. The van der Waals surface area contributed by atoms with Crippen molar-refractivity contribution in [3.8, 4) is 11.5 Å². The van der Waals surface area contributed by atoms with Gasteiger partial charge in [-0.25, -0.2) is 9.78 Å². The molecule has 6 nitrogen and oxygen atoms in total. The molecule has 1 heterocycles. The van der Waals surface area contributed by atoms with E-state index in [1.54, 1.807) is 18.2 Å². The fourth-order valence-corrected chi connectivity index (χ4v) is 5.81. The fourth-order valence-electron chi connectivity index (χ4n) is 5.81. The number of carbonyl (C=O) groups excluding carboxylic acids is 1. The van der Waals surface area contributed by atoms with Crippen LogP contribution in [0.3, 0.4) is 0 Å². The topological polar surface area (TPSA) is 62.6 Å². The Morgan fingerprint density at radius 1 is 1.16 bits per heavy atom. The molecule has 4 rings (SSSR count). The molecule has 206 valence electrons. The van der Waals surface area contributed by atoms with Crippen molar-refractivity contribution in [2.45, 2.75) is 78.8 Å². The van der Waals surface area contributed by atoms with Gasteiger partial charge in [0, 0.05) is 18.5 Å². The molecule has 0 amide bonds. The first-order valence-corrected chi connectivity index (χ1v) is 12.9. The molecule has 38 heavy (non-hydrogen) atoms. The first-order chi connectivity index (χ1) is 17.7. The number of alkyl halides is 3. The van der Waals surface area contributed by atoms with Gasteiger partial charge in [-0.2, -0.15) is 0 Å². The van der Waals surface area contributed by atoms with Crippen LogP contribution in [0.15, 0.2) is 36.4 Å². The predicted molar refractivity (Wildman–Crippen MR) is 139 cm³/mol. The lowest BCUT2D eigenvalue weighted by molar-refractivity contribution is -0.274. The Kier molecular flexibility index (Phi) is 7.68. The van der Waals surface area contributed by atoms with Crippen molar-refractivity contribution in [1.29, 1.82) is 0 Å². The summed E-state index contributed by atoms with van der Waals surface area (Å²) in [5, 5.41) is 0. The smallest absolute Gasteiger partial charge is 0.490 e. The van der Waals surface area contributed by atoms with Crippen molar-refractivity contribution >= 4 is 17.0 Å². The zero-order valence-electron chi connectivity index (χ0n) is 22.7. The van der Waals surface area contributed by atoms with Crippen molar-refractivity contribution in [3.05, 3.63) is 53.3 Å². The number of fused-ring (bicyclic) bond motifs is 1. The van der Waals surface area contributed by atoms with Gasteiger partial charge in [-0.3, -0.25) is 0 Å². The molecule has 0 bridgehead atoms. The number of benzene rings is 2. The van der Waals surface area contributed by atoms with E-state index < -0.39 is 12.3 Å². The van der Waals surface area contributed by atoms with Gasteiger partial charge in [0.1, 0.15) is 22.9 Å². The molecule has 1 aliphatic carbocycles. The van der Waals surface area contributed by atoms with E-state index >= 15 is 0 Å². The van der Waals surface area contributed by atoms with Gasteiger partial charge < -0.3 is 18.8 Å². The highest BCUT2D eigenvalue weighted by molar-refractivity contribution is 5.97. The molecule has 0 unspecified atom stereocenters. The molecule has 0 aliphatic heterocycles. The van der Waals surface area contributed by atoms with Crippen LogP contribution in [-0.4, -0.2) is 35.1 Å². The van der Waals surface area contributed by atoms with E-state index in [9.17, 15) is 18.0 Å². The van der Waals surface area contributed by atoms with Crippen molar-refractivity contribution in [2.75, 3.05) is 7.11 Å². The quantitative estimate of drug-likeness (QED) is 0.295. The van der Waals surface area contributed by atoms with Crippen LogP contribution in [0.5, 0.6) is 11.5 Å². The number of halogens is 3. The van der Waals surface area contributed by atoms with Crippen LogP contribution >= 0.6 is 0 Å². The minimum Gasteiger partial charge on any atom is -0.490 e. The minimum absolute atomic E-state index is 0.135. The number of aromatic nitrogens is 2. The van der Waals surface area contributed by atoms with Crippen LogP contribution in [0, 0.1) is 11.3 Å². The average molecular weight is 533 g/mol. The molecule has 2 aromatic carbocycles. The Morgan fingerprint density at radius 3 is 2.42 bits per heavy atom. The standard InChI is InChI=1S/C29H35F3N2O4/c1-17(2)37-25-14-24-23(13-22(25)27(35)36-6)33-26(34(24)20-11-18(3)15-28(4,5)16-20)12-19-7-9-21(10-8-19)38-29(30,31)32/h7-10,13-14,17-18,20H,11-12,15-16H2,1-6H3/t18-,20+/m0/s1. The highest BCUT2D eigenvalue weighted by Crippen LogP contribution is 2.46. The van der Waals surface area contributed by atoms with Gasteiger partial charge in [0.25, 0.3) is 0 Å². The molecule has 1 saturated carbocycles. The Morgan fingerprint density at radius 2 is 1.84 bits per heavy atom. The lowest BCUT2D eigenvalue weighted by Crippen LogP contribution is -2.30. The number of methoxy groups -OCH3 is 1. The molecule has 2 atom stereocenters. The van der Waals surface area contributed by atoms with E-state index in [0.717, 1.165) is 36.2 Å². The predicted octanol–water partition coefficient (Wildman–Crippen LogP) is 7.49. The molecular formula is C29H35F3N2O4. The van der Waals surface area contributed by atoms with Gasteiger partial charge in [-0.1, -0.05) is 32.9 Å². The second-order valence-electron chi connectivity index (χ2n) is 11.3. The number of hydrogen-bond donors (Lipinski definition) is 0. The van der Waals surface area contributed by atoms with Gasteiger partial charge in [-0.15, -0.1) is 13.2 Å². The zero-order chi connectivity index (χ0) is 27.8. The van der Waals surface area contributed by atoms with Crippen LogP contribution in [-0.2, 0) is 11.2 Å². The second kappa shape index (κ2) is 10.5. The molecule has 0 spiro atoms. The molecule has 9 heteroatoms. The Balaban J connectivity index is 1.82. The molecule has 1 fully saturated rings. The summed E-state index contributed by atoms with van der Waals surface area (Å²) in [7, 11) is 1.33. The lowest BCUT2D eigenvalue weighted by Gasteiger charge is -2.40. The van der Waals surface area contributed by atoms with E-state index in [1.807, 2.05) is 19.9 Å². The third kappa shape index (κ3) is 6.42. The summed E-state index contributed by atoms with van der Waals surface area (Å²) in [5.41, 5.74) is 2.73. The highest BCUT2D eigenvalue weighted by atomic mass is 19.4. The molecular weight excluding hydrogens is 497 g/mol. The van der Waals surface area contributed by atoms with E-state index in [4.69, 9.17) is 14.5 Å². The van der Waals surface area contributed by atoms with Crippen molar-refractivity contribution in [2.24, 2.45) is 11.3 Å². The van der Waals surface area contributed by atoms with Gasteiger partial charge in [0.15, 0.2) is 0 Å². The normalized spacial score (nSPS) is 19.5. The zero-order valence-corrected chi connectivity index (χ0v) is 22.7. The largest absolute Gasteiger partial charge is 0.573 e. The van der Waals surface area contributed by atoms with E-state index in [0.29, 0.717) is 29.2 Å². The molecule has 0 saturated heterocycles. The first-order valence-electron chi connectivity index (χ1n) is 12.9. The monoisotopic (exact) mass is 532 g/mol. The minimum atomic E-state index is -4.74. The van der Waals surface area contributed by atoms with E-state index in [2.05, 4.69) is 30.1 Å². The maximum absolute atomic E-state index is 12.6. The van der Waals surface area contributed by atoms with E-state index in [-0.39, 0.29) is 23.3 Å². The van der Waals surface area contributed by atoms with Gasteiger partial charge in [0.05, 0.1) is 24.2 Å². The Bertz CT molecular complexity index is 1300. The molecule has 1 aliphatic rings. The summed E-state index contributed by atoms with van der Waals surface area (Å²) in [4.78, 5) is 17.5. The SMILES string of the molecule is COC(=O)c1cc2nc(Cc3ccc(OC(F)(F)F)cc3)n([C@@H]3C[C@H](C)CC(C)(C)C3)c2cc1OC(C)C. The number of rotatable bonds is 7. The van der Waals surface area contributed by atoms with Gasteiger partial charge in [0.2, 0.25) is 0 Å². The number of nitrogens with zero attached hydrogens (tertiary/aromatic N) is 2. The summed E-state index contributed by atoms with van der Waals surface area (Å²) in [6.45, 7) is 10.6. The molecule has 3 aromatic rings. The van der Waals surface area contributed by atoms with Crippen LogP contribution in [0.1, 0.15) is 81.7 Å². The van der Waals surface area contributed by atoms with Crippen molar-refractivity contribution in [3.63, 3.8) is 0 Å². The van der Waals surface area contributed by atoms with E-state index in [1.165, 1.54) is 19.2 Å². The molecule has 0 radical (unpaired) electrons. The highest BCUT2D eigenvalue weighted by Gasteiger charge is 2.35. The van der Waals surface area contributed by atoms with Gasteiger partial charge in [-0.05, 0) is 68.2 Å². The Labute approximate surface area is 221 Å². The number of hydrogen-bond acceptors (Lipinski definition) is 5. The van der Waals surface area contributed by atoms with Crippen LogP contribution in [0.4, 0.5) is 13.2 Å². The molecule has 1 aromatic heterocycles. The maximum atomic E-state index is 12.6. The maximum Gasteiger partial charge on any atom is 0.573 e. The number of carbonyl (C=O) groups is 1. The fraction of sp³-hybridized carbons (Fsp3) is 0.517. The van der Waals surface area contributed by atoms with Crippen LogP contribution in [0.2, 0.25) is 0 Å².